The number of carbonyl (C=O) groups excluding carboxylic acids is 2. The Morgan fingerprint density at radius 2 is 1.72 bits per heavy atom. The molecule has 0 atom stereocenters. The van der Waals surface area contributed by atoms with Crippen LogP contribution in [0.5, 0.6) is 0 Å². The highest BCUT2D eigenvalue weighted by atomic mass is 35.5. The van der Waals surface area contributed by atoms with Crippen molar-refractivity contribution in [1.82, 2.24) is 14.7 Å². The van der Waals surface area contributed by atoms with Crippen molar-refractivity contribution >= 4 is 29.3 Å². The number of nitrogens with zero attached hydrogens (tertiary/aromatic N) is 3. The number of rotatable bonds is 4. The minimum atomic E-state index is -0.541. The van der Waals surface area contributed by atoms with Crippen LogP contribution < -0.4 is 5.32 Å². The van der Waals surface area contributed by atoms with E-state index in [4.69, 9.17) is 16.3 Å². The van der Waals surface area contributed by atoms with E-state index in [2.05, 4.69) is 10.4 Å². The topological polar surface area (TPSA) is 76.5 Å². The second-order valence-corrected chi connectivity index (χ2v) is 10.8. The van der Waals surface area contributed by atoms with Crippen LogP contribution in [0.4, 0.5) is 10.5 Å². The number of anilines is 1. The molecule has 36 heavy (non-hydrogen) atoms. The van der Waals surface area contributed by atoms with Crippen LogP contribution in [-0.4, -0.2) is 45.4 Å². The van der Waals surface area contributed by atoms with Gasteiger partial charge < -0.3 is 15.0 Å². The molecule has 1 fully saturated rings. The molecule has 4 rings (SSSR count). The number of piperidine rings is 1. The number of aryl methyl sites for hydroxylation is 2. The lowest BCUT2D eigenvalue weighted by molar-refractivity contribution is 0.0203. The maximum absolute atomic E-state index is 13.5. The highest BCUT2D eigenvalue weighted by Crippen LogP contribution is 2.33. The van der Waals surface area contributed by atoms with E-state index in [0.717, 1.165) is 28.2 Å². The number of hydrogen-bond acceptors (Lipinski definition) is 4. The summed E-state index contributed by atoms with van der Waals surface area (Å²) < 4.78 is 7.37. The van der Waals surface area contributed by atoms with Gasteiger partial charge in [0.25, 0.3) is 5.91 Å². The molecule has 8 heteroatoms. The Hall–Kier alpha value is -3.32. The van der Waals surface area contributed by atoms with Gasteiger partial charge in [-0.15, -0.1) is 0 Å². The first-order valence-corrected chi connectivity index (χ1v) is 12.6. The molecule has 1 N–H and O–H groups in total. The fourth-order valence-electron chi connectivity index (χ4n) is 4.44. The first-order valence-electron chi connectivity index (χ1n) is 12.2. The van der Waals surface area contributed by atoms with Crippen molar-refractivity contribution in [1.29, 1.82) is 0 Å². The normalized spacial score (nSPS) is 14.6. The van der Waals surface area contributed by atoms with Crippen LogP contribution in [0.25, 0.3) is 5.69 Å². The van der Waals surface area contributed by atoms with E-state index in [1.807, 2.05) is 81.8 Å². The molecule has 0 spiro atoms. The van der Waals surface area contributed by atoms with Crippen LogP contribution in [0, 0.1) is 13.8 Å². The van der Waals surface area contributed by atoms with Gasteiger partial charge in [-0.05, 0) is 88.9 Å². The maximum Gasteiger partial charge on any atom is 0.410 e. The zero-order chi connectivity index (χ0) is 26.0. The lowest BCUT2D eigenvalue weighted by atomic mass is 9.90. The standard InChI is InChI=1S/C28H33ClN4O3/c1-18-6-7-19(2)24(16-18)31-26(34)23-17-30-33(22-10-8-21(29)9-11-22)25(23)20-12-14-32(15-13-20)27(35)36-28(3,4)5/h6-11,16-17,20H,12-15H2,1-5H3,(H,31,34). The molecule has 1 aliphatic heterocycles. The minimum Gasteiger partial charge on any atom is -0.444 e. The highest BCUT2D eigenvalue weighted by Gasteiger charge is 2.32. The number of ether oxygens (including phenoxy) is 1. The summed E-state index contributed by atoms with van der Waals surface area (Å²) in [5, 5.41) is 8.31. The average molecular weight is 509 g/mol. The predicted octanol–water partition coefficient (Wildman–Crippen LogP) is 6.51. The van der Waals surface area contributed by atoms with Gasteiger partial charge >= 0.3 is 6.09 Å². The molecule has 0 radical (unpaired) electrons. The summed E-state index contributed by atoms with van der Waals surface area (Å²) in [6.07, 6.45) is 2.72. The molecule has 1 aliphatic rings. The zero-order valence-corrected chi connectivity index (χ0v) is 22.2. The summed E-state index contributed by atoms with van der Waals surface area (Å²) in [6.45, 7) is 10.7. The number of hydrogen-bond donors (Lipinski definition) is 1. The molecular weight excluding hydrogens is 476 g/mol. The molecule has 0 bridgehead atoms. The average Bonchev–Trinajstić information content (AvgIpc) is 3.26. The van der Waals surface area contributed by atoms with Gasteiger partial charge in [-0.1, -0.05) is 23.7 Å². The molecule has 0 unspecified atom stereocenters. The quantitative estimate of drug-likeness (QED) is 0.436. The van der Waals surface area contributed by atoms with Crippen molar-refractivity contribution in [3.8, 4) is 5.69 Å². The van der Waals surface area contributed by atoms with Crippen molar-refractivity contribution in [3.05, 3.63) is 76.1 Å². The van der Waals surface area contributed by atoms with Gasteiger partial charge in [-0.25, -0.2) is 9.48 Å². The number of nitrogens with one attached hydrogen (secondary N) is 1. The highest BCUT2D eigenvalue weighted by molar-refractivity contribution is 6.30. The predicted molar refractivity (Wildman–Crippen MR) is 142 cm³/mol. The Bertz CT molecular complexity index is 1250. The molecule has 3 aromatic rings. The Labute approximate surface area is 217 Å². The Balaban J connectivity index is 1.63. The molecule has 2 aromatic carbocycles. The fraction of sp³-hybridized carbons (Fsp3) is 0.393. The van der Waals surface area contributed by atoms with Crippen LogP contribution in [-0.2, 0) is 4.74 Å². The lowest BCUT2D eigenvalue weighted by Crippen LogP contribution is -2.41. The smallest absolute Gasteiger partial charge is 0.410 e. The van der Waals surface area contributed by atoms with Crippen LogP contribution in [0.1, 0.15) is 66.7 Å². The molecule has 1 aromatic heterocycles. The molecule has 1 saturated heterocycles. The second-order valence-electron chi connectivity index (χ2n) is 10.3. The Morgan fingerprint density at radius 3 is 2.36 bits per heavy atom. The molecular formula is C28H33ClN4O3. The van der Waals surface area contributed by atoms with E-state index < -0.39 is 5.60 Å². The minimum absolute atomic E-state index is 0.0428. The first kappa shape index (κ1) is 25.8. The fourth-order valence-corrected chi connectivity index (χ4v) is 4.56. The van der Waals surface area contributed by atoms with E-state index in [0.29, 0.717) is 36.5 Å². The van der Waals surface area contributed by atoms with Gasteiger partial charge in [-0.2, -0.15) is 5.10 Å². The number of halogens is 1. The van der Waals surface area contributed by atoms with Crippen molar-refractivity contribution < 1.29 is 14.3 Å². The van der Waals surface area contributed by atoms with Crippen molar-refractivity contribution in [3.63, 3.8) is 0 Å². The van der Waals surface area contributed by atoms with Crippen LogP contribution in [0.3, 0.4) is 0 Å². The number of aromatic nitrogens is 2. The van der Waals surface area contributed by atoms with E-state index in [1.165, 1.54) is 0 Å². The maximum atomic E-state index is 13.5. The van der Waals surface area contributed by atoms with Gasteiger partial charge in [-0.3, -0.25) is 4.79 Å². The molecule has 2 amide bonds. The summed E-state index contributed by atoms with van der Waals surface area (Å²) in [5.74, 6) is -0.158. The van der Waals surface area contributed by atoms with Gasteiger partial charge in [0.1, 0.15) is 5.60 Å². The van der Waals surface area contributed by atoms with Crippen LogP contribution >= 0.6 is 11.6 Å². The summed E-state index contributed by atoms with van der Waals surface area (Å²) in [7, 11) is 0. The second kappa shape index (κ2) is 10.3. The number of likely N-dealkylation sites (tertiary alicyclic amines) is 1. The Kier molecular flexibility index (Phi) is 7.41. The first-order chi connectivity index (χ1) is 17.0. The summed E-state index contributed by atoms with van der Waals surface area (Å²) >= 11 is 6.11. The summed E-state index contributed by atoms with van der Waals surface area (Å²) in [6, 6.07) is 13.4. The van der Waals surface area contributed by atoms with Gasteiger partial charge in [0.05, 0.1) is 23.1 Å². The lowest BCUT2D eigenvalue weighted by Gasteiger charge is -2.34. The monoisotopic (exact) mass is 508 g/mol. The van der Waals surface area contributed by atoms with E-state index >= 15 is 0 Å². The SMILES string of the molecule is Cc1ccc(C)c(NC(=O)c2cnn(-c3ccc(Cl)cc3)c2C2CCN(C(=O)OC(C)(C)C)CC2)c1. The number of carbonyl (C=O) groups is 2. The number of benzene rings is 2. The third-order valence-corrected chi connectivity index (χ3v) is 6.55. The Morgan fingerprint density at radius 1 is 1.06 bits per heavy atom. The van der Waals surface area contributed by atoms with Crippen molar-refractivity contribution in [2.45, 2.75) is 59.0 Å². The van der Waals surface area contributed by atoms with Gasteiger partial charge in [0, 0.05) is 29.7 Å². The largest absolute Gasteiger partial charge is 0.444 e. The van der Waals surface area contributed by atoms with E-state index in [1.54, 1.807) is 11.1 Å². The molecule has 7 nitrogen and oxygen atoms in total. The third kappa shape index (κ3) is 5.90. The van der Waals surface area contributed by atoms with Crippen molar-refractivity contribution in [2.75, 3.05) is 18.4 Å². The zero-order valence-electron chi connectivity index (χ0n) is 21.5. The van der Waals surface area contributed by atoms with Crippen LogP contribution in [0.15, 0.2) is 48.7 Å². The van der Waals surface area contributed by atoms with Crippen molar-refractivity contribution in [2.24, 2.45) is 0 Å². The number of amides is 2. The molecule has 190 valence electrons. The van der Waals surface area contributed by atoms with Gasteiger partial charge in [0.2, 0.25) is 0 Å². The van der Waals surface area contributed by atoms with E-state index in [-0.39, 0.29) is 17.9 Å². The molecule has 0 aliphatic carbocycles. The molecule has 2 heterocycles. The third-order valence-electron chi connectivity index (χ3n) is 6.30. The van der Waals surface area contributed by atoms with Gasteiger partial charge in [0.15, 0.2) is 0 Å². The molecule has 0 saturated carbocycles. The summed E-state index contributed by atoms with van der Waals surface area (Å²) in [5.41, 5.74) is 4.50. The summed E-state index contributed by atoms with van der Waals surface area (Å²) in [4.78, 5) is 27.8. The van der Waals surface area contributed by atoms with Crippen LogP contribution in [0.2, 0.25) is 5.02 Å². The van der Waals surface area contributed by atoms with E-state index in [9.17, 15) is 9.59 Å².